The number of allylic oxidation sites excluding steroid dienone is 1. The van der Waals surface area contributed by atoms with Gasteiger partial charge in [0, 0.05) is 12.5 Å². The molecule has 1 aliphatic heterocycles. The molecule has 1 fully saturated rings. The molecule has 3 aromatic carbocycles. The van der Waals surface area contributed by atoms with E-state index in [2.05, 4.69) is 82.8 Å². The van der Waals surface area contributed by atoms with Gasteiger partial charge in [0.05, 0.1) is 6.04 Å². The highest BCUT2D eigenvalue weighted by Crippen LogP contribution is 2.38. The average molecular weight is 570 g/mol. The van der Waals surface area contributed by atoms with Gasteiger partial charge < -0.3 is 9.16 Å². The minimum Gasteiger partial charge on any atom is -0.447 e. The van der Waals surface area contributed by atoms with E-state index in [-0.39, 0.29) is 42.0 Å². The monoisotopic (exact) mass is 569 g/mol. The lowest BCUT2D eigenvalue weighted by atomic mass is 9.94. The van der Waals surface area contributed by atoms with Gasteiger partial charge in [0.2, 0.25) is 5.91 Å². The Labute approximate surface area is 246 Å². The van der Waals surface area contributed by atoms with Crippen LogP contribution in [-0.4, -0.2) is 44.0 Å². The topological polar surface area (TPSA) is 55.8 Å². The van der Waals surface area contributed by atoms with Crippen molar-refractivity contribution in [2.75, 3.05) is 6.61 Å². The van der Waals surface area contributed by atoms with Crippen LogP contribution < -0.4 is 10.4 Å². The summed E-state index contributed by atoms with van der Waals surface area (Å²) in [6, 6.07) is 30.8. The third kappa shape index (κ3) is 7.06. The van der Waals surface area contributed by atoms with Gasteiger partial charge in [-0.15, -0.1) is 6.58 Å². The molecule has 2 amide bonds. The molecule has 1 saturated heterocycles. The highest BCUT2D eigenvalue weighted by Gasteiger charge is 2.51. The molecule has 216 valence electrons. The third-order valence-corrected chi connectivity index (χ3v) is 13.1. The Morgan fingerprint density at radius 2 is 1.54 bits per heavy atom. The molecule has 41 heavy (non-hydrogen) atoms. The average Bonchev–Trinajstić information content (AvgIpc) is 3.32. The molecule has 4 rings (SSSR count). The Balaban J connectivity index is 1.55. The van der Waals surface area contributed by atoms with Crippen LogP contribution in [0.4, 0.5) is 4.79 Å². The van der Waals surface area contributed by atoms with E-state index >= 15 is 0 Å². The standard InChI is InChI=1S/C35H43NO4Si/c1-6-16-29(25-33(37)36-30(26-39-34(36)38)24-28-17-10-7-11-18-28)23-27(2)40-41(35(3,4)5,31-19-12-8-13-20-31)32-21-14-9-15-22-32/h6-15,17-22,27,29-30H,1,16,23-26H2,2-5H3/t27-,29-,30+/m0/s1. The van der Waals surface area contributed by atoms with Gasteiger partial charge in [-0.05, 0) is 53.1 Å². The summed E-state index contributed by atoms with van der Waals surface area (Å²) in [5.74, 6) is -0.211. The highest BCUT2D eigenvalue weighted by atomic mass is 28.4. The van der Waals surface area contributed by atoms with Gasteiger partial charge in [-0.2, -0.15) is 0 Å². The number of hydrogen-bond donors (Lipinski definition) is 0. The smallest absolute Gasteiger partial charge is 0.416 e. The summed E-state index contributed by atoms with van der Waals surface area (Å²) in [4.78, 5) is 27.5. The predicted molar refractivity (Wildman–Crippen MR) is 168 cm³/mol. The summed E-state index contributed by atoms with van der Waals surface area (Å²) < 4.78 is 12.6. The van der Waals surface area contributed by atoms with Crippen molar-refractivity contribution in [3.05, 3.63) is 109 Å². The zero-order valence-corrected chi connectivity index (χ0v) is 25.8. The van der Waals surface area contributed by atoms with Gasteiger partial charge in [0.1, 0.15) is 6.61 Å². The van der Waals surface area contributed by atoms with Crippen LogP contribution in [0.3, 0.4) is 0 Å². The second-order valence-electron chi connectivity index (χ2n) is 12.1. The van der Waals surface area contributed by atoms with Gasteiger partial charge >= 0.3 is 6.09 Å². The first-order chi connectivity index (χ1) is 19.7. The van der Waals surface area contributed by atoms with Crippen molar-refractivity contribution < 1.29 is 18.8 Å². The molecule has 1 aliphatic rings. The van der Waals surface area contributed by atoms with Crippen molar-refractivity contribution in [1.82, 2.24) is 4.90 Å². The highest BCUT2D eigenvalue weighted by molar-refractivity contribution is 6.99. The Hall–Kier alpha value is -3.48. The fraction of sp³-hybridized carbons (Fsp3) is 0.371. The van der Waals surface area contributed by atoms with E-state index in [0.29, 0.717) is 19.3 Å². The molecule has 0 saturated carbocycles. The summed E-state index contributed by atoms with van der Waals surface area (Å²) in [6.45, 7) is 13.1. The van der Waals surface area contributed by atoms with Gasteiger partial charge in [-0.25, -0.2) is 9.69 Å². The van der Waals surface area contributed by atoms with Crippen molar-refractivity contribution >= 4 is 30.7 Å². The van der Waals surface area contributed by atoms with Crippen LogP contribution >= 0.6 is 0 Å². The lowest BCUT2D eigenvalue weighted by molar-refractivity contribution is -0.130. The number of nitrogens with zero attached hydrogens (tertiary/aromatic N) is 1. The van der Waals surface area contributed by atoms with Crippen LogP contribution in [0.5, 0.6) is 0 Å². The summed E-state index contributed by atoms with van der Waals surface area (Å²) in [5.41, 5.74) is 1.07. The molecule has 6 heteroatoms. The van der Waals surface area contributed by atoms with Crippen molar-refractivity contribution in [1.29, 1.82) is 0 Å². The maximum absolute atomic E-state index is 13.6. The molecule has 0 radical (unpaired) electrons. The fourth-order valence-electron chi connectivity index (χ4n) is 6.16. The molecule has 3 atom stereocenters. The first kappa shape index (κ1) is 30.5. The van der Waals surface area contributed by atoms with E-state index < -0.39 is 14.4 Å². The van der Waals surface area contributed by atoms with Crippen molar-refractivity contribution in [3.63, 3.8) is 0 Å². The molecule has 0 unspecified atom stereocenters. The van der Waals surface area contributed by atoms with Gasteiger partial charge in [0.15, 0.2) is 0 Å². The van der Waals surface area contributed by atoms with Crippen molar-refractivity contribution in [2.45, 2.75) is 70.6 Å². The van der Waals surface area contributed by atoms with Crippen molar-refractivity contribution in [3.8, 4) is 0 Å². The largest absolute Gasteiger partial charge is 0.447 e. The second-order valence-corrected chi connectivity index (χ2v) is 16.4. The Morgan fingerprint density at radius 3 is 2.05 bits per heavy atom. The zero-order chi connectivity index (χ0) is 29.5. The number of cyclic esters (lactones) is 1. The number of imide groups is 1. The first-order valence-electron chi connectivity index (χ1n) is 14.6. The van der Waals surface area contributed by atoms with Crippen LogP contribution in [0.2, 0.25) is 5.04 Å². The molecule has 0 aromatic heterocycles. The molecule has 0 spiro atoms. The Morgan fingerprint density at radius 1 is 1.00 bits per heavy atom. The van der Waals surface area contributed by atoms with E-state index in [0.717, 1.165) is 5.56 Å². The lowest BCUT2D eigenvalue weighted by Crippen LogP contribution is -2.67. The number of amides is 2. The second kappa shape index (κ2) is 13.5. The molecule has 3 aromatic rings. The number of rotatable bonds is 12. The minimum atomic E-state index is -2.73. The summed E-state index contributed by atoms with van der Waals surface area (Å²) in [6.07, 6.45) is 3.34. The van der Waals surface area contributed by atoms with Crippen molar-refractivity contribution in [2.24, 2.45) is 5.92 Å². The van der Waals surface area contributed by atoms with E-state index in [4.69, 9.17) is 9.16 Å². The number of ether oxygens (including phenoxy) is 1. The van der Waals surface area contributed by atoms with Crippen LogP contribution in [0.15, 0.2) is 104 Å². The molecule has 0 aliphatic carbocycles. The van der Waals surface area contributed by atoms with E-state index in [1.165, 1.54) is 15.3 Å². The normalized spacial score (nSPS) is 17.1. The number of hydrogen-bond acceptors (Lipinski definition) is 4. The van der Waals surface area contributed by atoms with Crippen LogP contribution in [0, 0.1) is 5.92 Å². The summed E-state index contributed by atoms with van der Waals surface area (Å²) >= 11 is 0. The molecule has 5 nitrogen and oxygen atoms in total. The van der Waals surface area contributed by atoms with Crippen LogP contribution in [0.1, 0.15) is 52.5 Å². The third-order valence-electron chi connectivity index (χ3n) is 7.97. The molecular formula is C35H43NO4Si. The van der Waals surface area contributed by atoms with Gasteiger partial charge in [0.25, 0.3) is 8.32 Å². The number of benzene rings is 3. The van der Waals surface area contributed by atoms with Crippen LogP contribution in [-0.2, 0) is 20.4 Å². The zero-order valence-electron chi connectivity index (χ0n) is 24.8. The first-order valence-corrected chi connectivity index (χ1v) is 16.5. The lowest BCUT2D eigenvalue weighted by Gasteiger charge is -2.45. The van der Waals surface area contributed by atoms with Crippen LogP contribution in [0.25, 0.3) is 0 Å². The fourth-order valence-corrected chi connectivity index (χ4v) is 10.9. The van der Waals surface area contributed by atoms with Gasteiger partial charge in [-0.3, -0.25) is 4.79 Å². The maximum Gasteiger partial charge on any atom is 0.416 e. The quantitative estimate of drug-likeness (QED) is 0.184. The molecule has 0 N–H and O–H groups in total. The Kier molecular flexibility index (Phi) is 10.00. The minimum absolute atomic E-state index is 0.0148. The summed E-state index contributed by atoms with van der Waals surface area (Å²) in [5, 5.41) is 2.31. The van der Waals surface area contributed by atoms with E-state index in [1.54, 1.807) is 0 Å². The van der Waals surface area contributed by atoms with Gasteiger partial charge in [-0.1, -0.05) is 118 Å². The maximum atomic E-state index is 13.6. The Bertz CT molecular complexity index is 1250. The van der Waals surface area contributed by atoms with E-state index in [1.807, 2.05) is 48.5 Å². The molecule has 0 bridgehead atoms. The molecule has 1 heterocycles. The van der Waals surface area contributed by atoms with E-state index in [9.17, 15) is 9.59 Å². The summed E-state index contributed by atoms with van der Waals surface area (Å²) in [7, 11) is -2.73. The predicted octanol–water partition coefficient (Wildman–Crippen LogP) is 6.51. The number of carbonyl (C=O) groups is 2. The molecular weight excluding hydrogens is 526 g/mol. The SMILES string of the molecule is C=CC[C@H](CC(=O)N1C(=O)OC[C@H]1Cc1ccccc1)C[C@H](C)O[Si](c1ccccc1)(c1ccccc1)C(C)(C)C. The number of carbonyl (C=O) groups excluding carboxylic acids is 2.